The first kappa shape index (κ1) is 15.3. The van der Waals surface area contributed by atoms with Crippen LogP contribution in [-0.4, -0.2) is 17.0 Å². The molecule has 0 unspecified atom stereocenters. The van der Waals surface area contributed by atoms with Gasteiger partial charge in [-0.1, -0.05) is 0 Å². The van der Waals surface area contributed by atoms with Crippen LogP contribution in [0.1, 0.15) is 25.1 Å². The fourth-order valence-electron chi connectivity index (χ4n) is 1.88. The van der Waals surface area contributed by atoms with Crippen LogP contribution in [0.2, 0.25) is 0 Å². The highest BCUT2D eigenvalue weighted by Crippen LogP contribution is 2.22. The Bertz CT molecular complexity index is 638. The molecule has 0 aliphatic carbocycles. The number of anilines is 2. The number of amides is 1. The van der Waals surface area contributed by atoms with Crippen LogP contribution in [0.15, 0.2) is 23.6 Å². The molecule has 1 amide bonds. The molecule has 1 heterocycles. The molecule has 0 saturated carbocycles. The number of benzene rings is 1. The van der Waals surface area contributed by atoms with Crippen molar-refractivity contribution in [1.29, 1.82) is 0 Å². The fourth-order valence-corrected chi connectivity index (χ4v) is 2.45. The number of nitrogens with one attached hydrogen (secondary N) is 1. The quantitative estimate of drug-likeness (QED) is 0.890. The molecule has 5 nitrogen and oxygen atoms in total. The van der Waals surface area contributed by atoms with Gasteiger partial charge in [0, 0.05) is 11.1 Å². The second-order valence-corrected chi connectivity index (χ2v) is 5.94. The van der Waals surface area contributed by atoms with Crippen LogP contribution in [0.5, 0.6) is 5.75 Å². The molecule has 112 valence electrons. The first-order chi connectivity index (χ1) is 9.94. The van der Waals surface area contributed by atoms with Crippen molar-refractivity contribution in [3.05, 3.63) is 34.8 Å². The lowest BCUT2D eigenvalue weighted by molar-refractivity contribution is -0.115. The maximum absolute atomic E-state index is 12.0. The Kier molecular flexibility index (Phi) is 4.80. The molecular formula is C15H19N3O2S. The van der Waals surface area contributed by atoms with Gasteiger partial charge in [-0.2, -0.15) is 0 Å². The number of rotatable bonds is 5. The summed E-state index contributed by atoms with van der Waals surface area (Å²) >= 11 is 1.33. The van der Waals surface area contributed by atoms with Crippen molar-refractivity contribution in [3.8, 4) is 5.75 Å². The van der Waals surface area contributed by atoms with E-state index in [1.807, 2.05) is 39.0 Å². The van der Waals surface area contributed by atoms with Crippen molar-refractivity contribution in [2.24, 2.45) is 0 Å². The summed E-state index contributed by atoms with van der Waals surface area (Å²) in [7, 11) is 0. The zero-order valence-corrected chi connectivity index (χ0v) is 13.2. The summed E-state index contributed by atoms with van der Waals surface area (Å²) in [6.45, 7) is 5.89. The minimum atomic E-state index is -0.110. The molecule has 0 saturated heterocycles. The number of aromatic nitrogens is 1. The van der Waals surface area contributed by atoms with Gasteiger partial charge < -0.3 is 15.8 Å². The lowest BCUT2D eigenvalue weighted by atomic mass is 10.2. The molecule has 1 aromatic carbocycles. The number of hydrogen-bond donors (Lipinski definition) is 2. The molecule has 0 radical (unpaired) electrons. The summed E-state index contributed by atoms with van der Waals surface area (Å²) in [4.78, 5) is 16.1. The van der Waals surface area contributed by atoms with Gasteiger partial charge in [-0.3, -0.25) is 4.79 Å². The number of hydrogen-bond acceptors (Lipinski definition) is 5. The number of nitrogens with two attached hydrogens (primary N) is 1. The van der Waals surface area contributed by atoms with Gasteiger partial charge in [0.1, 0.15) is 5.75 Å². The predicted molar refractivity (Wildman–Crippen MR) is 85.8 cm³/mol. The van der Waals surface area contributed by atoms with Crippen LogP contribution in [0.4, 0.5) is 10.8 Å². The molecule has 0 fully saturated rings. The van der Waals surface area contributed by atoms with Crippen molar-refractivity contribution in [1.82, 2.24) is 4.98 Å². The summed E-state index contributed by atoms with van der Waals surface area (Å²) in [5.41, 5.74) is 7.97. The SMILES string of the molecule is Cc1cc(OC(C)C)ccc1NC(=O)Cc1csc(N)n1. The normalized spacial score (nSPS) is 10.7. The molecule has 6 heteroatoms. The van der Waals surface area contributed by atoms with Crippen LogP contribution in [0.3, 0.4) is 0 Å². The maximum atomic E-state index is 12.0. The van der Waals surface area contributed by atoms with Crippen molar-refractivity contribution in [2.75, 3.05) is 11.1 Å². The van der Waals surface area contributed by atoms with E-state index in [9.17, 15) is 4.79 Å². The number of carbonyl (C=O) groups excluding carboxylic acids is 1. The number of nitrogens with zero attached hydrogens (tertiary/aromatic N) is 1. The molecule has 3 N–H and O–H groups in total. The second-order valence-electron chi connectivity index (χ2n) is 5.05. The van der Waals surface area contributed by atoms with Gasteiger partial charge in [0.2, 0.25) is 5.91 Å². The third kappa shape index (κ3) is 4.46. The molecule has 0 aliphatic heterocycles. The molecule has 21 heavy (non-hydrogen) atoms. The summed E-state index contributed by atoms with van der Waals surface area (Å²) in [5, 5.41) is 5.15. The summed E-state index contributed by atoms with van der Waals surface area (Å²) in [6, 6.07) is 5.61. The van der Waals surface area contributed by atoms with Crippen molar-refractivity contribution >= 4 is 28.1 Å². The fraction of sp³-hybridized carbons (Fsp3) is 0.333. The Hall–Kier alpha value is -2.08. The lowest BCUT2D eigenvalue weighted by Gasteiger charge is -2.13. The Morgan fingerprint density at radius 3 is 2.81 bits per heavy atom. The van der Waals surface area contributed by atoms with E-state index in [0.29, 0.717) is 10.8 Å². The topological polar surface area (TPSA) is 77.2 Å². The first-order valence-electron chi connectivity index (χ1n) is 6.71. The largest absolute Gasteiger partial charge is 0.491 e. The number of nitrogen functional groups attached to an aromatic ring is 1. The van der Waals surface area contributed by atoms with E-state index < -0.39 is 0 Å². The molecule has 1 aromatic heterocycles. The second kappa shape index (κ2) is 6.58. The van der Waals surface area contributed by atoms with Crippen molar-refractivity contribution < 1.29 is 9.53 Å². The molecule has 0 spiro atoms. The van der Waals surface area contributed by atoms with Crippen LogP contribution in [-0.2, 0) is 11.2 Å². The third-order valence-electron chi connectivity index (χ3n) is 2.75. The number of carbonyl (C=O) groups is 1. The minimum absolute atomic E-state index is 0.110. The number of ether oxygens (including phenoxy) is 1. The van der Waals surface area contributed by atoms with E-state index in [4.69, 9.17) is 10.5 Å². The number of thiazole rings is 1. The predicted octanol–water partition coefficient (Wildman–Crippen LogP) is 3.00. The van der Waals surface area contributed by atoms with Crippen LogP contribution < -0.4 is 15.8 Å². The highest BCUT2D eigenvalue weighted by Gasteiger charge is 2.09. The summed E-state index contributed by atoms with van der Waals surface area (Å²) in [6.07, 6.45) is 0.345. The average molecular weight is 305 g/mol. The van der Waals surface area contributed by atoms with E-state index in [1.54, 1.807) is 5.38 Å². The Labute approximate surface area is 128 Å². The molecule has 0 atom stereocenters. The zero-order chi connectivity index (χ0) is 15.4. The highest BCUT2D eigenvalue weighted by atomic mass is 32.1. The van der Waals surface area contributed by atoms with Gasteiger partial charge in [-0.05, 0) is 44.5 Å². The first-order valence-corrected chi connectivity index (χ1v) is 7.59. The molecule has 0 bridgehead atoms. The van der Waals surface area contributed by atoms with Gasteiger partial charge >= 0.3 is 0 Å². The van der Waals surface area contributed by atoms with Crippen molar-refractivity contribution in [3.63, 3.8) is 0 Å². The average Bonchev–Trinajstić information content (AvgIpc) is 2.77. The van der Waals surface area contributed by atoms with E-state index in [-0.39, 0.29) is 18.4 Å². The van der Waals surface area contributed by atoms with E-state index >= 15 is 0 Å². The Morgan fingerprint density at radius 1 is 1.48 bits per heavy atom. The van der Waals surface area contributed by atoms with Crippen LogP contribution in [0.25, 0.3) is 0 Å². The molecular weight excluding hydrogens is 286 g/mol. The molecule has 0 aliphatic rings. The monoisotopic (exact) mass is 305 g/mol. The van der Waals surface area contributed by atoms with Crippen LogP contribution in [0, 0.1) is 6.92 Å². The third-order valence-corrected chi connectivity index (χ3v) is 3.48. The maximum Gasteiger partial charge on any atom is 0.230 e. The van der Waals surface area contributed by atoms with E-state index in [0.717, 1.165) is 17.0 Å². The lowest BCUT2D eigenvalue weighted by Crippen LogP contribution is -2.15. The summed E-state index contributed by atoms with van der Waals surface area (Å²) < 4.78 is 5.62. The molecule has 2 rings (SSSR count). The van der Waals surface area contributed by atoms with Gasteiger partial charge in [0.15, 0.2) is 5.13 Å². The number of aryl methyl sites for hydroxylation is 1. The van der Waals surface area contributed by atoms with Gasteiger partial charge in [0.05, 0.1) is 18.2 Å². The van der Waals surface area contributed by atoms with Gasteiger partial charge in [0.25, 0.3) is 0 Å². The van der Waals surface area contributed by atoms with Gasteiger partial charge in [-0.15, -0.1) is 11.3 Å². The van der Waals surface area contributed by atoms with E-state index in [1.165, 1.54) is 11.3 Å². The van der Waals surface area contributed by atoms with Crippen molar-refractivity contribution in [2.45, 2.75) is 33.3 Å². The summed E-state index contributed by atoms with van der Waals surface area (Å²) in [5.74, 6) is 0.689. The van der Waals surface area contributed by atoms with Crippen LogP contribution >= 0.6 is 11.3 Å². The smallest absolute Gasteiger partial charge is 0.230 e. The van der Waals surface area contributed by atoms with E-state index in [2.05, 4.69) is 10.3 Å². The standard InChI is InChI=1S/C15H19N3O2S/c1-9(2)20-12-4-5-13(10(3)6-12)18-14(19)7-11-8-21-15(16)17-11/h4-6,8-9H,7H2,1-3H3,(H2,16,17)(H,18,19). The Balaban J connectivity index is 2.00. The minimum Gasteiger partial charge on any atom is -0.491 e. The molecule has 2 aromatic rings. The highest BCUT2D eigenvalue weighted by molar-refractivity contribution is 7.13. The van der Waals surface area contributed by atoms with Gasteiger partial charge in [-0.25, -0.2) is 4.98 Å². The zero-order valence-electron chi connectivity index (χ0n) is 12.3. The Morgan fingerprint density at radius 2 is 2.24 bits per heavy atom.